The Morgan fingerprint density at radius 3 is 2.33 bits per heavy atom. The number of aromatic hydroxyl groups is 2. The van der Waals surface area contributed by atoms with Crippen molar-refractivity contribution in [3.8, 4) is 11.5 Å². The van der Waals surface area contributed by atoms with Gasteiger partial charge in [0, 0.05) is 6.54 Å². The summed E-state index contributed by atoms with van der Waals surface area (Å²) in [5.74, 6) is -0.386. The minimum absolute atomic E-state index is 0.180. The Labute approximate surface area is 123 Å². The fraction of sp³-hybridized carbons (Fsp3) is 0.200. The van der Waals surface area contributed by atoms with E-state index in [1.54, 1.807) is 25.1 Å². The Morgan fingerprint density at radius 1 is 1.05 bits per heavy atom. The van der Waals surface area contributed by atoms with Crippen molar-refractivity contribution in [2.45, 2.75) is 18.2 Å². The number of rotatable bonds is 5. The molecule has 0 aliphatic rings. The van der Waals surface area contributed by atoms with Crippen LogP contribution < -0.4 is 4.72 Å². The smallest absolute Gasteiger partial charge is 0.240 e. The number of aryl methyl sites for hydroxylation is 1. The lowest BCUT2D eigenvalue weighted by molar-refractivity contribution is 0.402. The summed E-state index contributed by atoms with van der Waals surface area (Å²) in [5.41, 5.74) is 1.57. The molecule has 2 rings (SSSR count). The molecule has 0 aliphatic carbocycles. The van der Waals surface area contributed by atoms with Gasteiger partial charge in [-0.3, -0.25) is 0 Å². The molecule has 0 saturated heterocycles. The lowest BCUT2D eigenvalue weighted by Crippen LogP contribution is -2.26. The maximum absolute atomic E-state index is 12.0. The summed E-state index contributed by atoms with van der Waals surface area (Å²) >= 11 is 0. The van der Waals surface area contributed by atoms with Crippen molar-refractivity contribution in [2.75, 3.05) is 6.54 Å². The van der Waals surface area contributed by atoms with Crippen LogP contribution in [0.25, 0.3) is 0 Å². The highest BCUT2D eigenvalue weighted by Gasteiger charge is 2.13. The number of sulfonamides is 1. The number of hydrogen-bond acceptors (Lipinski definition) is 4. The average Bonchev–Trinajstić information content (AvgIpc) is 2.45. The van der Waals surface area contributed by atoms with Crippen LogP contribution in [0.2, 0.25) is 0 Å². The monoisotopic (exact) mass is 307 g/mol. The quantitative estimate of drug-likeness (QED) is 0.737. The molecular formula is C15H17NO4S. The summed E-state index contributed by atoms with van der Waals surface area (Å²) in [6.07, 6.45) is 0.422. The van der Waals surface area contributed by atoms with Gasteiger partial charge in [-0.05, 0) is 48.7 Å². The molecule has 0 amide bonds. The molecule has 0 aromatic heterocycles. The predicted octanol–water partition coefficient (Wildman–Crippen LogP) is 1.93. The Kier molecular flexibility index (Phi) is 4.50. The normalized spacial score (nSPS) is 11.5. The van der Waals surface area contributed by atoms with Gasteiger partial charge < -0.3 is 10.2 Å². The lowest BCUT2D eigenvalue weighted by atomic mass is 10.1. The molecule has 0 bridgehead atoms. The second-order valence-corrected chi connectivity index (χ2v) is 6.50. The summed E-state index contributed by atoms with van der Waals surface area (Å²) in [6.45, 7) is 2.00. The highest BCUT2D eigenvalue weighted by Crippen LogP contribution is 2.28. The molecule has 0 atom stereocenters. The van der Waals surface area contributed by atoms with Gasteiger partial charge in [-0.2, -0.15) is 0 Å². The maximum atomic E-state index is 12.0. The topological polar surface area (TPSA) is 86.6 Å². The molecule has 0 spiro atoms. The second-order valence-electron chi connectivity index (χ2n) is 4.73. The van der Waals surface area contributed by atoms with Crippen LogP contribution >= 0.6 is 0 Å². The van der Waals surface area contributed by atoms with Crippen molar-refractivity contribution in [3.63, 3.8) is 0 Å². The molecule has 2 aromatic carbocycles. The van der Waals surface area contributed by atoms with E-state index in [2.05, 4.69) is 4.72 Å². The zero-order chi connectivity index (χ0) is 15.5. The standard InChI is InChI=1S/C15H17NO4S/c1-11-9-14(17)15(18)10-12(11)7-8-16-21(19,20)13-5-3-2-4-6-13/h2-6,9-10,16-18H,7-8H2,1H3. The number of nitrogens with one attached hydrogen (secondary N) is 1. The molecule has 6 heteroatoms. The zero-order valence-corrected chi connectivity index (χ0v) is 12.4. The Morgan fingerprint density at radius 2 is 1.67 bits per heavy atom. The van der Waals surface area contributed by atoms with Crippen molar-refractivity contribution in [1.29, 1.82) is 0 Å². The van der Waals surface area contributed by atoms with Crippen molar-refractivity contribution in [1.82, 2.24) is 4.72 Å². The van der Waals surface area contributed by atoms with Gasteiger partial charge in [0.2, 0.25) is 10.0 Å². The van der Waals surface area contributed by atoms with Crippen LogP contribution in [-0.4, -0.2) is 25.2 Å². The van der Waals surface area contributed by atoms with Crippen molar-refractivity contribution < 1.29 is 18.6 Å². The van der Waals surface area contributed by atoms with E-state index in [0.29, 0.717) is 6.42 Å². The number of hydrogen-bond donors (Lipinski definition) is 3. The molecule has 0 heterocycles. The third-order valence-corrected chi connectivity index (χ3v) is 4.65. The summed E-state index contributed by atoms with van der Waals surface area (Å²) < 4.78 is 26.6. The first kappa shape index (κ1) is 15.3. The highest BCUT2D eigenvalue weighted by molar-refractivity contribution is 7.89. The molecule has 21 heavy (non-hydrogen) atoms. The molecule has 112 valence electrons. The molecule has 0 aliphatic heterocycles. The largest absolute Gasteiger partial charge is 0.504 e. The van der Waals surface area contributed by atoms with E-state index >= 15 is 0 Å². The van der Waals surface area contributed by atoms with Crippen LogP contribution in [0.3, 0.4) is 0 Å². The van der Waals surface area contributed by atoms with Gasteiger partial charge in [-0.15, -0.1) is 0 Å². The third-order valence-electron chi connectivity index (χ3n) is 3.17. The van der Waals surface area contributed by atoms with Crippen LogP contribution in [0.5, 0.6) is 11.5 Å². The van der Waals surface area contributed by atoms with Gasteiger partial charge in [0.25, 0.3) is 0 Å². The van der Waals surface area contributed by atoms with E-state index in [9.17, 15) is 18.6 Å². The van der Waals surface area contributed by atoms with E-state index in [-0.39, 0.29) is 22.9 Å². The van der Waals surface area contributed by atoms with Crippen LogP contribution in [0.15, 0.2) is 47.4 Å². The SMILES string of the molecule is Cc1cc(O)c(O)cc1CCNS(=O)(=O)c1ccccc1. The van der Waals surface area contributed by atoms with Crippen molar-refractivity contribution in [2.24, 2.45) is 0 Å². The first-order valence-corrected chi connectivity index (χ1v) is 7.94. The number of phenolic OH excluding ortho intramolecular Hbond substituents is 2. The predicted molar refractivity (Wildman–Crippen MR) is 79.8 cm³/mol. The first-order chi connectivity index (χ1) is 9.90. The minimum atomic E-state index is -3.52. The number of phenols is 2. The summed E-state index contributed by atoms with van der Waals surface area (Å²) in [7, 11) is -3.52. The molecule has 5 nitrogen and oxygen atoms in total. The summed E-state index contributed by atoms with van der Waals surface area (Å²) in [5, 5.41) is 18.8. The van der Waals surface area contributed by atoms with Crippen LogP contribution in [0, 0.1) is 6.92 Å². The van der Waals surface area contributed by atoms with Crippen LogP contribution in [0.4, 0.5) is 0 Å². The summed E-state index contributed by atoms with van der Waals surface area (Å²) in [6, 6.07) is 11.0. The third kappa shape index (κ3) is 3.74. The van der Waals surface area contributed by atoms with E-state index < -0.39 is 10.0 Å². The Balaban J connectivity index is 2.04. The second kappa shape index (κ2) is 6.15. The van der Waals surface area contributed by atoms with Gasteiger partial charge in [0.15, 0.2) is 11.5 Å². The molecule has 3 N–H and O–H groups in total. The molecule has 0 unspecified atom stereocenters. The number of benzene rings is 2. The average molecular weight is 307 g/mol. The minimum Gasteiger partial charge on any atom is -0.504 e. The van der Waals surface area contributed by atoms with E-state index in [4.69, 9.17) is 0 Å². The van der Waals surface area contributed by atoms with Crippen LogP contribution in [0.1, 0.15) is 11.1 Å². The zero-order valence-electron chi connectivity index (χ0n) is 11.6. The molecule has 0 fully saturated rings. The summed E-state index contributed by atoms with van der Waals surface area (Å²) in [4.78, 5) is 0.218. The molecular weight excluding hydrogens is 290 g/mol. The van der Waals surface area contributed by atoms with E-state index in [1.807, 2.05) is 0 Å². The molecule has 0 radical (unpaired) electrons. The van der Waals surface area contributed by atoms with Gasteiger partial charge in [0.05, 0.1) is 4.90 Å². The van der Waals surface area contributed by atoms with Gasteiger partial charge >= 0.3 is 0 Å². The van der Waals surface area contributed by atoms with E-state index in [1.165, 1.54) is 24.3 Å². The van der Waals surface area contributed by atoms with Crippen molar-refractivity contribution in [3.05, 3.63) is 53.6 Å². The van der Waals surface area contributed by atoms with Crippen LogP contribution in [-0.2, 0) is 16.4 Å². The van der Waals surface area contributed by atoms with Gasteiger partial charge in [-0.25, -0.2) is 13.1 Å². The molecule has 0 saturated carbocycles. The maximum Gasteiger partial charge on any atom is 0.240 e. The van der Waals surface area contributed by atoms with E-state index in [0.717, 1.165) is 11.1 Å². The fourth-order valence-electron chi connectivity index (χ4n) is 2.00. The van der Waals surface area contributed by atoms with Gasteiger partial charge in [0.1, 0.15) is 0 Å². The first-order valence-electron chi connectivity index (χ1n) is 6.46. The molecule has 2 aromatic rings. The Hall–Kier alpha value is -2.05. The lowest BCUT2D eigenvalue weighted by Gasteiger charge is -2.10. The van der Waals surface area contributed by atoms with Crippen molar-refractivity contribution >= 4 is 10.0 Å². The highest BCUT2D eigenvalue weighted by atomic mass is 32.2. The Bertz CT molecular complexity index is 727. The fourth-order valence-corrected chi connectivity index (χ4v) is 3.05. The van der Waals surface area contributed by atoms with Gasteiger partial charge in [-0.1, -0.05) is 18.2 Å².